The lowest BCUT2D eigenvalue weighted by Crippen LogP contribution is -2.36. The van der Waals surface area contributed by atoms with E-state index in [0.717, 1.165) is 28.7 Å². The molecule has 0 spiro atoms. The molecule has 1 saturated heterocycles. The summed E-state index contributed by atoms with van der Waals surface area (Å²) in [6.45, 7) is 7.55. The van der Waals surface area contributed by atoms with Crippen molar-refractivity contribution in [3.63, 3.8) is 0 Å². The van der Waals surface area contributed by atoms with Gasteiger partial charge in [-0.05, 0) is 68.8 Å². The summed E-state index contributed by atoms with van der Waals surface area (Å²) in [5.41, 5.74) is 3.21. The maximum atomic E-state index is 12.7. The number of aromatic carboxylic acids is 1. The lowest BCUT2D eigenvalue weighted by molar-refractivity contribution is -0.124. The minimum Gasteiger partial charge on any atom is -0.478 e. The van der Waals surface area contributed by atoms with Crippen LogP contribution in [0.4, 0.5) is 4.79 Å². The monoisotopic (exact) mass is 398 g/mol. The third kappa shape index (κ3) is 3.38. The summed E-state index contributed by atoms with van der Waals surface area (Å²) < 4.78 is 1.86. The topological polar surface area (TPSA) is 79.6 Å². The lowest BCUT2D eigenvalue weighted by atomic mass is 10.1. The van der Waals surface area contributed by atoms with Crippen molar-refractivity contribution in [1.82, 2.24) is 9.47 Å². The Morgan fingerprint density at radius 1 is 1.25 bits per heavy atom. The van der Waals surface area contributed by atoms with E-state index >= 15 is 0 Å². The number of carbonyl (C=O) groups excluding carboxylic acids is 2. The maximum absolute atomic E-state index is 12.7. The van der Waals surface area contributed by atoms with Crippen molar-refractivity contribution in [3.8, 4) is 5.69 Å². The van der Waals surface area contributed by atoms with Gasteiger partial charge in [-0.3, -0.25) is 14.5 Å². The Kier molecular flexibility index (Phi) is 5.47. The number of carboxylic acid groups (broad SMARTS) is 1. The van der Waals surface area contributed by atoms with Crippen LogP contribution < -0.4 is 0 Å². The average molecular weight is 398 g/mol. The summed E-state index contributed by atoms with van der Waals surface area (Å²) in [5.74, 6) is -1.28. The molecule has 0 saturated carbocycles. The molecule has 2 heterocycles. The predicted octanol–water partition coefficient (Wildman–Crippen LogP) is 4.63. The van der Waals surface area contributed by atoms with Crippen LogP contribution in [0.15, 0.2) is 35.2 Å². The molecule has 3 rings (SSSR count). The van der Waals surface area contributed by atoms with Gasteiger partial charge in [0.1, 0.15) is 0 Å². The number of rotatable bonds is 5. The SMILES string of the molecule is CC[C@@H](C)N1C(=O)S/C(=C/c2cc(C)n(-c3ccccc3C(=O)O)c2C)C1=O. The molecule has 1 aliphatic heterocycles. The van der Waals surface area contributed by atoms with Gasteiger partial charge in [0.05, 0.1) is 16.2 Å². The first-order chi connectivity index (χ1) is 13.3. The van der Waals surface area contributed by atoms with Gasteiger partial charge in [0, 0.05) is 17.4 Å². The van der Waals surface area contributed by atoms with Crippen molar-refractivity contribution in [2.75, 3.05) is 0 Å². The molecule has 1 fully saturated rings. The normalized spacial score (nSPS) is 16.9. The van der Waals surface area contributed by atoms with Crippen molar-refractivity contribution in [3.05, 3.63) is 57.8 Å². The molecule has 2 amide bonds. The molecular weight excluding hydrogens is 376 g/mol. The van der Waals surface area contributed by atoms with Gasteiger partial charge in [-0.25, -0.2) is 4.79 Å². The van der Waals surface area contributed by atoms with E-state index in [4.69, 9.17) is 0 Å². The molecule has 1 atom stereocenters. The summed E-state index contributed by atoms with van der Waals surface area (Å²) in [6.07, 6.45) is 2.42. The van der Waals surface area contributed by atoms with Gasteiger partial charge in [0.2, 0.25) is 0 Å². The number of aromatic nitrogens is 1. The number of imide groups is 1. The third-order valence-corrected chi connectivity index (χ3v) is 5.87. The number of hydrogen-bond donors (Lipinski definition) is 1. The Balaban J connectivity index is 2.05. The van der Waals surface area contributed by atoms with Crippen molar-refractivity contribution in [2.24, 2.45) is 0 Å². The number of carboxylic acids is 1. The Morgan fingerprint density at radius 3 is 2.57 bits per heavy atom. The maximum Gasteiger partial charge on any atom is 0.337 e. The standard InChI is InChI=1S/C21H22N2O4S/c1-5-12(2)23-19(24)18(28-21(23)27)11-15-10-13(3)22(14(15)4)17-9-7-6-8-16(17)20(25)26/h6-12H,5H2,1-4H3,(H,25,26)/b18-11+/t12-/m1/s1. The van der Waals surface area contributed by atoms with Crippen LogP contribution in [0.1, 0.15) is 47.6 Å². The first kappa shape index (κ1) is 19.9. The molecule has 1 N–H and O–H groups in total. The van der Waals surface area contributed by atoms with Crippen LogP contribution in [0.3, 0.4) is 0 Å². The van der Waals surface area contributed by atoms with Gasteiger partial charge in [-0.15, -0.1) is 0 Å². The lowest BCUT2D eigenvalue weighted by Gasteiger charge is -2.19. The summed E-state index contributed by atoms with van der Waals surface area (Å²) in [4.78, 5) is 38.2. The fourth-order valence-corrected chi connectivity index (χ4v) is 4.26. The van der Waals surface area contributed by atoms with Gasteiger partial charge in [0.15, 0.2) is 0 Å². The largest absolute Gasteiger partial charge is 0.478 e. The zero-order valence-corrected chi connectivity index (χ0v) is 17.0. The first-order valence-electron chi connectivity index (χ1n) is 9.05. The smallest absolute Gasteiger partial charge is 0.337 e. The number of carbonyl (C=O) groups is 3. The molecule has 146 valence electrons. The van der Waals surface area contributed by atoms with Gasteiger partial charge in [0.25, 0.3) is 11.1 Å². The number of thioether (sulfide) groups is 1. The number of nitrogens with zero attached hydrogens (tertiary/aromatic N) is 2. The van der Waals surface area contributed by atoms with Crippen LogP contribution in [0.25, 0.3) is 11.8 Å². The van der Waals surface area contributed by atoms with Crippen molar-refractivity contribution >= 4 is 35.0 Å². The molecular formula is C21H22N2O4S. The molecule has 0 radical (unpaired) electrons. The molecule has 7 heteroatoms. The van der Waals surface area contributed by atoms with Gasteiger partial charge in [-0.2, -0.15) is 0 Å². The number of para-hydroxylation sites is 1. The average Bonchev–Trinajstić information content (AvgIpc) is 3.09. The number of aryl methyl sites for hydroxylation is 1. The predicted molar refractivity (Wildman–Crippen MR) is 110 cm³/mol. The van der Waals surface area contributed by atoms with Crippen molar-refractivity contribution in [2.45, 2.75) is 40.2 Å². The Morgan fingerprint density at radius 2 is 1.93 bits per heavy atom. The van der Waals surface area contributed by atoms with E-state index in [0.29, 0.717) is 17.0 Å². The van der Waals surface area contributed by atoms with E-state index in [-0.39, 0.29) is 22.8 Å². The van der Waals surface area contributed by atoms with Crippen molar-refractivity contribution in [1.29, 1.82) is 0 Å². The number of hydrogen-bond acceptors (Lipinski definition) is 4. The second-order valence-corrected chi connectivity index (χ2v) is 7.79. The summed E-state index contributed by atoms with van der Waals surface area (Å²) in [7, 11) is 0. The Bertz CT molecular complexity index is 1010. The molecule has 1 aliphatic rings. The first-order valence-corrected chi connectivity index (χ1v) is 9.86. The summed E-state index contributed by atoms with van der Waals surface area (Å²) in [5, 5.41) is 9.24. The minimum absolute atomic E-state index is 0.145. The molecule has 1 aromatic carbocycles. The van der Waals surface area contributed by atoms with E-state index in [9.17, 15) is 19.5 Å². The third-order valence-electron chi connectivity index (χ3n) is 4.99. The molecule has 0 bridgehead atoms. The van der Waals surface area contributed by atoms with Crippen LogP contribution in [-0.4, -0.2) is 37.7 Å². The van der Waals surface area contributed by atoms with Crippen molar-refractivity contribution < 1.29 is 19.5 Å². The minimum atomic E-state index is -1.00. The molecule has 0 unspecified atom stereocenters. The van der Waals surface area contributed by atoms with E-state index in [1.807, 2.05) is 38.3 Å². The van der Waals surface area contributed by atoms with Crippen LogP contribution >= 0.6 is 11.8 Å². The highest BCUT2D eigenvalue weighted by Gasteiger charge is 2.37. The highest BCUT2D eigenvalue weighted by atomic mass is 32.2. The zero-order valence-electron chi connectivity index (χ0n) is 16.2. The second kappa shape index (κ2) is 7.67. The summed E-state index contributed by atoms with van der Waals surface area (Å²) in [6, 6.07) is 8.54. The zero-order chi connectivity index (χ0) is 20.6. The highest BCUT2D eigenvalue weighted by molar-refractivity contribution is 8.18. The van der Waals surface area contributed by atoms with E-state index in [2.05, 4.69) is 0 Å². The highest BCUT2D eigenvalue weighted by Crippen LogP contribution is 2.35. The fraction of sp³-hybridized carbons (Fsp3) is 0.286. The molecule has 6 nitrogen and oxygen atoms in total. The molecule has 2 aromatic rings. The number of benzene rings is 1. The van der Waals surface area contributed by atoms with Crippen LogP contribution in [0.5, 0.6) is 0 Å². The fourth-order valence-electron chi connectivity index (χ4n) is 3.34. The molecule has 0 aliphatic carbocycles. The summed E-state index contributed by atoms with van der Waals surface area (Å²) >= 11 is 0.943. The van der Waals surface area contributed by atoms with Gasteiger partial charge >= 0.3 is 5.97 Å². The Labute approximate surface area is 167 Å². The number of amides is 2. The van der Waals surface area contributed by atoms with Gasteiger partial charge < -0.3 is 9.67 Å². The van der Waals surface area contributed by atoms with E-state index in [1.165, 1.54) is 4.90 Å². The van der Waals surface area contributed by atoms with E-state index in [1.54, 1.807) is 30.3 Å². The van der Waals surface area contributed by atoms with Crippen LogP contribution in [-0.2, 0) is 4.79 Å². The molecule has 28 heavy (non-hydrogen) atoms. The van der Waals surface area contributed by atoms with Crippen LogP contribution in [0.2, 0.25) is 0 Å². The van der Waals surface area contributed by atoms with E-state index < -0.39 is 5.97 Å². The molecule has 1 aromatic heterocycles. The van der Waals surface area contributed by atoms with Crippen LogP contribution in [0, 0.1) is 13.8 Å². The van der Waals surface area contributed by atoms with Gasteiger partial charge in [-0.1, -0.05) is 19.1 Å². The second-order valence-electron chi connectivity index (χ2n) is 6.79. The Hall–Kier alpha value is -2.80. The quantitative estimate of drug-likeness (QED) is 0.743.